The van der Waals surface area contributed by atoms with Crippen molar-refractivity contribution in [2.45, 2.75) is 12.5 Å². The second kappa shape index (κ2) is 6.99. The number of aliphatic hydroxyl groups is 1. The van der Waals surface area contributed by atoms with E-state index in [-0.39, 0.29) is 0 Å². The number of rotatable bonds is 6. The van der Waals surface area contributed by atoms with Gasteiger partial charge in [0.15, 0.2) is 0 Å². The van der Waals surface area contributed by atoms with E-state index in [1.165, 1.54) is 0 Å². The van der Waals surface area contributed by atoms with Gasteiger partial charge < -0.3 is 19.3 Å². The van der Waals surface area contributed by atoms with E-state index in [9.17, 15) is 5.11 Å². The molecule has 0 radical (unpaired) electrons. The lowest BCUT2D eigenvalue weighted by Gasteiger charge is -2.13. The van der Waals surface area contributed by atoms with Crippen molar-refractivity contribution in [3.05, 3.63) is 53.6 Å². The molecule has 0 aliphatic heterocycles. The van der Waals surface area contributed by atoms with E-state index in [0.717, 1.165) is 16.9 Å². The molecule has 0 saturated heterocycles. The van der Waals surface area contributed by atoms with E-state index in [0.29, 0.717) is 17.9 Å². The van der Waals surface area contributed by atoms with E-state index in [4.69, 9.17) is 14.2 Å². The summed E-state index contributed by atoms with van der Waals surface area (Å²) in [6.45, 7) is 0. The molecule has 1 unspecified atom stereocenters. The molecular weight excluding hydrogens is 268 g/mol. The third-order valence-electron chi connectivity index (χ3n) is 3.34. The predicted molar refractivity (Wildman–Crippen MR) is 81.2 cm³/mol. The maximum absolute atomic E-state index is 10.3. The van der Waals surface area contributed by atoms with Gasteiger partial charge in [0.05, 0.1) is 27.4 Å². The van der Waals surface area contributed by atoms with Crippen molar-refractivity contribution in [3.63, 3.8) is 0 Å². The molecule has 0 aliphatic rings. The van der Waals surface area contributed by atoms with Crippen LogP contribution >= 0.6 is 0 Å². The SMILES string of the molecule is COc1ccc(C(O)Cc2cc(OC)cc(OC)c2)cc1. The van der Waals surface area contributed by atoms with Crippen molar-refractivity contribution in [3.8, 4) is 17.2 Å². The molecule has 0 aliphatic carbocycles. The summed E-state index contributed by atoms with van der Waals surface area (Å²) in [6.07, 6.45) is -0.104. The zero-order chi connectivity index (χ0) is 15.2. The monoisotopic (exact) mass is 288 g/mol. The fourth-order valence-corrected chi connectivity index (χ4v) is 2.15. The van der Waals surface area contributed by atoms with Gasteiger partial charge in [0.1, 0.15) is 17.2 Å². The Labute approximate surface area is 124 Å². The number of aliphatic hydroxyl groups excluding tert-OH is 1. The predicted octanol–water partition coefficient (Wildman–Crippen LogP) is 2.99. The van der Waals surface area contributed by atoms with Crippen LogP contribution in [0.25, 0.3) is 0 Å². The van der Waals surface area contributed by atoms with Gasteiger partial charge in [-0.3, -0.25) is 0 Å². The van der Waals surface area contributed by atoms with Gasteiger partial charge in [-0.2, -0.15) is 0 Å². The van der Waals surface area contributed by atoms with Crippen LogP contribution in [-0.4, -0.2) is 26.4 Å². The first-order chi connectivity index (χ1) is 10.2. The van der Waals surface area contributed by atoms with Gasteiger partial charge in [0.2, 0.25) is 0 Å². The van der Waals surface area contributed by atoms with E-state index in [2.05, 4.69) is 0 Å². The molecular formula is C17H20O4. The Morgan fingerprint density at radius 1 is 0.810 bits per heavy atom. The second-order valence-corrected chi connectivity index (χ2v) is 4.71. The number of hydrogen-bond donors (Lipinski definition) is 1. The van der Waals surface area contributed by atoms with Crippen LogP contribution in [0, 0.1) is 0 Å². The van der Waals surface area contributed by atoms with E-state index >= 15 is 0 Å². The maximum Gasteiger partial charge on any atom is 0.122 e. The fourth-order valence-electron chi connectivity index (χ4n) is 2.15. The molecule has 1 atom stereocenters. The zero-order valence-corrected chi connectivity index (χ0v) is 12.5. The highest BCUT2D eigenvalue weighted by atomic mass is 16.5. The van der Waals surface area contributed by atoms with Gasteiger partial charge in [0.25, 0.3) is 0 Å². The van der Waals surface area contributed by atoms with Crippen molar-refractivity contribution >= 4 is 0 Å². The molecule has 2 rings (SSSR count). The normalized spacial score (nSPS) is 11.8. The molecule has 1 N–H and O–H groups in total. The first-order valence-corrected chi connectivity index (χ1v) is 6.70. The van der Waals surface area contributed by atoms with Crippen molar-refractivity contribution < 1.29 is 19.3 Å². The quantitative estimate of drug-likeness (QED) is 0.887. The largest absolute Gasteiger partial charge is 0.497 e. The third-order valence-corrected chi connectivity index (χ3v) is 3.34. The van der Waals surface area contributed by atoms with Gasteiger partial charge in [0, 0.05) is 12.5 Å². The van der Waals surface area contributed by atoms with Crippen LogP contribution in [0.1, 0.15) is 17.2 Å². The van der Waals surface area contributed by atoms with E-state index < -0.39 is 6.10 Å². The van der Waals surface area contributed by atoms with Crippen molar-refractivity contribution in [1.82, 2.24) is 0 Å². The Morgan fingerprint density at radius 2 is 1.33 bits per heavy atom. The van der Waals surface area contributed by atoms with Gasteiger partial charge in [-0.1, -0.05) is 12.1 Å². The summed E-state index contributed by atoms with van der Waals surface area (Å²) in [5.74, 6) is 2.20. The third kappa shape index (κ3) is 3.89. The molecule has 112 valence electrons. The highest BCUT2D eigenvalue weighted by Gasteiger charge is 2.11. The molecule has 4 heteroatoms. The van der Waals surface area contributed by atoms with Gasteiger partial charge in [-0.05, 0) is 35.4 Å². The standard InChI is InChI=1S/C17H20O4/c1-19-14-6-4-13(5-7-14)17(18)10-12-8-15(20-2)11-16(9-12)21-3/h4-9,11,17-18H,10H2,1-3H3. The molecule has 0 fully saturated rings. The number of methoxy groups -OCH3 is 3. The van der Waals surface area contributed by atoms with Crippen molar-refractivity contribution in [2.75, 3.05) is 21.3 Å². The van der Waals surface area contributed by atoms with Crippen LogP contribution in [0.5, 0.6) is 17.2 Å². The smallest absolute Gasteiger partial charge is 0.122 e. The lowest BCUT2D eigenvalue weighted by atomic mass is 10.0. The number of ether oxygens (including phenoxy) is 3. The molecule has 2 aromatic rings. The minimum Gasteiger partial charge on any atom is -0.497 e. The first-order valence-electron chi connectivity index (χ1n) is 6.70. The Balaban J connectivity index is 2.15. The fraction of sp³-hybridized carbons (Fsp3) is 0.294. The molecule has 4 nitrogen and oxygen atoms in total. The number of benzene rings is 2. The summed E-state index contributed by atoms with van der Waals surface area (Å²) in [5, 5.41) is 10.3. The summed E-state index contributed by atoms with van der Waals surface area (Å²) in [7, 11) is 4.84. The molecule has 0 saturated carbocycles. The Hall–Kier alpha value is -2.20. The van der Waals surface area contributed by atoms with Crippen LogP contribution < -0.4 is 14.2 Å². The average molecular weight is 288 g/mol. The van der Waals surface area contributed by atoms with E-state index in [1.54, 1.807) is 21.3 Å². The molecule has 0 spiro atoms. The molecule has 0 bridgehead atoms. The first kappa shape index (κ1) is 15.2. The Morgan fingerprint density at radius 3 is 1.81 bits per heavy atom. The van der Waals surface area contributed by atoms with Crippen LogP contribution in [0.15, 0.2) is 42.5 Å². The molecule has 0 heterocycles. The van der Waals surface area contributed by atoms with Gasteiger partial charge in [-0.25, -0.2) is 0 Å². The average Bonchev–Trinajstić information content (AvgIpc) is 2.54. The maximum atomic E-state index is 10.3. The highest BCUT2D eigenvalue weighted by Crippen LogP contribution is 2.27. The summed E-state index contributed by atoms with van der Waals surface area (Å²) in [4.78, 5) is 0. The summed E-state index contributed by atoms with van der Waals surface area (Å²) < 4.78 is 15.6. The Kier molecular flexibility index (Phi) is 5.06. The number of hydrogen-bond acceptors (Lipinski definition) is 4. The van der Waals surface area contributed by atoms with Crippen LogP contribution in [0.4, 0.5) is 0 Å². The zero-order valence-electron chi connectivity index (χ0n) is 12.5. The molecule has 0 amide bonds. The minimum absolute atomic E-state index is 0.486. The summed E-state index contributed by atoms with van der Waals surface area (Å²) in [5.41, 5.74) is 1.80. The van der Waals surface area contributed by atoms with Crippen LogP contribution in [-0.2, 0) is 6.42 Å². The topological polar surface area (TPSA) is 47.9 Å². The van der Waals surface area contributed by atoms with Crippen molar-refractivity contribution in [2.24, 2.45) is 0 Å². The van der Waals surface area contributed by atoms with Gasteiger partial charge >= 0.3 is 0 Å². The summed E-state index contributed by atoms with van der Waals surface area (Å²) in [6, 6.07) is 13.0. The highest BCUT2D eigenvalue weighted by molar-refractivity contribution is 5.39. The molecule has 0 aromatic heterocycles. The summed E-state index contributed by atoms with van der Waals surface area (Å²) >= 11 is 0. The molecule has 21 heavy (non-hydrogen) atoms. The van der Waals surface area contributed by atoms with E-state index in [1.807, 2.05) is 42.5 Å². The van der Waals surface area contributed by atoms with Crippen molar-refractivity contribution in [1.29, 1.82) is 0 Å². The Bertz CT molecular complexity index is 556. The second-order valence-electron chi connectivity index (χ2n) is 4.71. The lowest BCUT2D eigenvalue weighted by Crippen LogP contribution is -2.02. The van der Waals surface area contributed by atoms with Crippen LogP contribution in [0.3, 0.4) is 0 Å². The van der Waals surface area contributed by atoms with Crippen LogP contribution in [0.2, 0.25) is 0 Å². The molecule has 2 aromatic carbocycles. The lowest BCUT2D eigenvalue weighted by molar-refractivity contribution is 0.178. The minimum atomic E-state index is -0.590. The van der Waals surface area contributed by atoms with Gasteiger partial charge in [-0.15, -0.1) is 0 Å².